The predicted octanol–water partition coefficient (Wildman–Crippen LogP) is 2.13. The monoisotopic (exact) mass is 367 g/mol. The van der Waals surface area contributed by atoms with Gasteiger partial charge in [-0.3, -0.25) is 9.59 Å². The second kappa shape index (κ2) is 10.4. The summed E-state index contributed by atoms with van der Waals surface area (Å²) in [5, 5.41) is 6.15. The normalized spacial score (nSPS) is 16.2. The largest absolute Gasteiger partial charge is 0.353 e. The van der Waals surface area contributed by atoms with Crippen molar-refractivity contribution in [2.45, 2.75) is 46.2 Å². The molecule has 25 heavy (non-hydrogen) atoms. The van der Waals surface area contributed by atoms with Crippen molar-refractivity contribution in [3.63, 3.8) is 0 Å². The van der Waals surface area contributed by atoms with Crippen molar-refractivity contribution in [2.75, 3.05) is 19.6 Å². The van der Waals surface area contributed by atoms with Crippen LogP contribution in [-0.2, 0) is 22.6 Å². The third-order valence-electron chi connectivity index (χ3n) is 4.31. The van der Waals surface area contributed by atoms with Crippen LogP contribution in [0.4, 0.5) is 0 Å². The molecular formula is C19H30ClN3O2. The van der Waals surface area contributed by atoms with E-state index in [1.165, 1.54) is 0 Å². The summed E-state index contributed by atoms with van der Waals surface area (Å²) < 4.78 is 0. The first-order chi connectivity index (χ1) is 11.5. The van der Waals surface area contributed by atoms with E-state index in [4.69, 9.17) is 0 Å². The van der Waals surface area contributed by atoms with Crippen LogP contribution in [0.1, 0.15) is 38.3 Å². The number of carbonyl (C=O) groups is 2. The third-order valence-corrected chi connectivity index (χ3v) is 4.31. The molecule has 0 saturated heterocycles. The lowest BCUT2D eigenvalue weighted by atomic mass is 9.92. The fourth-order valence-electron chi connectivity index (χ4n) is 3.05. The van der Waals surface area contributed by atoms with Crippen molar-refractivity contribution in [3.05, 3.63) is 35.4 Å². The molecule has 1 heterocycles. The van der Waals surface area contributed by atoms with E-state index < -0.39 is 6.04 Å². The van der Waals surface area contributed by atoms with Gasteiger partial charge in [-0.2, -0.15) is 0 Å². The van der Waals surface area contributed by atoms with E-state index in [2.05, 4.69) is 16.7 Å². The Kier molecular flexibility index (Phi) is 8.93. The number of nitrogens with one attached hydrogen (secondary N) is 2. The minimum Gasteiger partial charge on any atom is -0.353 e. The molecule has 0 aliphatic carbocycles. The summed E-state index contributed by atoms with van der Waals surface area (Å²) in [5.74, 6) is 0.290. The molecule has 140 valence electrons. The molecule has 0 spiro atoms. The van der Waals surface area contributed by atoms with E-state index in [1.807, 2.05) is 39.0 Å². The topological polar surface area (TPSA) is 61.4 Å². The smallest absolute Gasteiger partial charge is 0.243 e. The maximum Gasteiger partial charge on any atom is 0.243 e. The Morgan fingerprint density at radius 2 is 1.88 bits per heavy atom. The number of amides is 2. The first kappa shape index (κ1) is 21.5. The van der Waals surface area contributed by atoms with Gasteiger partial charge in [0.15, 0.2) is 0 Å². The Balaban J connectivity index is 0.00000312. The van der Waals surface area contributed by atoms with Gasteiger partial charge in [0.25, 0.3) is 0 Å². The van der Waals surface area contributed by atoms with Crippen LogP contribution in [0, 0.1) is 5.92 Å². The lowest BCUT2D eigenvalue weighted by Gasteiger charge is -2.36. The molecule has 1 unspecified atom stereocenters. The van der Waals surface area contributed by atoms with E-state index in [0.29, 0.717) is 25.9 Å². The van der Waals surface area contributed by atoms with Crippen molar-refractivity contribution in [2.24, 2.45) is 5.92 Å². The Morgan fingerprint density at radius 1 is 1.20 bits per heavy atom. The first-order valence-electron chi connectivity index (χ1n) is 8.87. The molecule has 2 N–H and O–H groups in total. The molecule has 5 nitrogen and oxygen atoms in total. The molecular weight excluding hydrogens is 338 g/mol. The zero-order valence-electron chi connectivity index (χ0n) is 15.4. The summed E-state index contributed by atoms with van der Waals surface area (Å²) in [7, 11) is 0. The number of likely N-dealkylation sites (N-methyl/N-ethyl adjacent to an activating group) is 1. The number of hydrogen-bond donors (Lipinski definition) is 2. The summed E-state index contributed by atoms with van der Waals surface area (Å²) in [4.78, 5) is 27.0. The standard InChI is InChI=1S/C19H29N3O2.ClH/c1-4-20-9-10-21-19(24)17-12-15-7-5-6-8-16(15)13-22(17)18(23)11-14(2)3;/h5-8,14,17,20H,4,9-13H2,1-3H3,(H,21,24);1H. The summed E-state index contributed by atoms with van der Waals surface area (Å²) in [5.41, 5.74) is 2.31. The Bertz CT molecular complexity index is 578. The highest BCUT2D eigenvalue weighted by atomic mass is 35.5. The molecule has 1 aromatic carbocycles. The second-order valence-electron chi connectivity index (χ2n) is 6.75. The number of rotatable bonds is 7. The number of fused-ring (bicyclic) bond motifs is 1. The third kappa shape index (κ3) is 6.01. The number of hydrogen-bond acceptors (Lipinski definition) is 3. The average Bonchev–Trinajstić information content (AvgIpc) is 2.56. The van der Waals surface area contributed by atoms with Gasteiger partial charge in [0.2, 0.25) is 11.8 Å². The van der Waals surface area contributed by atoms with Crippen molar-refractivity contribution in [1.29, 1.82) is 0 Å². The summed E-state index contributed by atoms with van der Waals surface area (Å²) in [6, 6.07) is 7.67. The minimum absolute atomic E-state index is 0. The molecule has 0 fully saturated rings. The van der Waals surface area contributed by atoms with Crippen molar-refractivity contribution < 1.29 is 9.59 Å². The van der Waals surface area contributed by atoms with Crippen LogP contribution >= 0.6 is 12.4 Å². The van der Waals surface area contributed by atoms with E-state index in [1.54, 1.807) is 4.90 Å². The van der Waals surface area contributed by atoms with Gasteiger partial charge < -0.3 is 15.5 Å². The highest BCUT2D eigenvalue weighted by molar-refractivity contribution is 5.88. The Hall–Kier alpha value is -1.59. The number of benzene rings is 1. The molecule has 0 bridgehead atoms. The van der Waals surface area contributed by atoms with Gasteiger partial charge in [0.05, 0.1) is 0 Å². The van der Waals surface area contributed by atoms with Crippen molar-refractivity contribution in [1.82, 2.24) is 15.5 Å². The van der Waals surface area contributed by atoms with Crippen LogP contribution in [0.25, 0.3) is 0 Å². The van der Waals surface area contributed by atoms with Crippen LogP contribution in [0.2, 0.25) is 0 Å². The molecule has 1 aliphatic rings. The lowest BCUT2D eigenvalue weighted by Crippen LogP contribution is -2.53. The van der Waals surface area contributed by atoms with Crippen LogP contribution < -0.4 is 10.6 Å². The predicted molar refractivity (Wildman–Crippen MR) is 103 cm³/mol. The highest BCUT2D eigenvalue weighted by Crippen LogP contribution is 2.24. The molecule has 0 aromatic heterocycles. The Morgan fingerprint density at radius 3 is 2.52 bits per heavy atom. The second-order valence-corrected chi connectivity index (χ2v) is 6.75. The number of carbonyl (C=O) groups excluding carboxylic acids is 2. The molecule has 2 rings (SSSR count). The van der Waals surface area contributed by atoms with Gasteiger partial charge in [-0.05, 0) is 23.6 Å². The first-order valence-corrected chi connectivity index (χ1v) is 8.87. The zero-order valence-corrected chi connectivity index (χ0v) is 16.2. The fourth-order valence-corrected chi connectivity index (χ4v) is 3.05. The van der Waals surface area contributed by atoms with Crippen LogP contribution in [0.3, 0.4) is 0 Å². The van der Waals surface area contributed by atoms with Gasteiger partial charge >= 0.3 is 0 Å². The molecule has 2 amide bonds. The van der Waals surface area contributed by atoms with E-state index in [0.717, 1.165) is 24.2 Å². The number of halogens is 1. The molecule has 1 atom stereocenters. The molecule has 6 heteroatoms. The lowest BCUT2D eigenvalue weighted by molar-refractivity contribution is -0.142. The molecule has 1 aromatic rings. The summed E-state index contributed by atoms with van der Waals surface area (Å²) in [6.45, 7) is 8.82. The Labute approximate surface area is 157 Å². The quantitative estimate of drug-likeness (QED) is 0.726. The summed E-state index contributed by atoms with van der Waals surface area (Å²) >= 11 is 0. The van der Waals surface area contributed by atoms with Gasteiger partial charge in [0, 0.05) is 32.5 Å². The fraction of sp³-hybridized carbons (Fsp3) is 0.579. The van der Waals surface area contributed by atoms with Gasteiger partial charge in [-0.25, -0.2) is 0 Å². The van der Waals surface area contributed by atoms with Crippen LogP contribution in [0.5, 0.6) is 0 Å². The minimum atomic E-state index is -0.409. The molecule has 0 saturated carbocycles. The van der Waals surface area contributed by atoms with Crippen LogP contribution in [0.15, 0.2) is 24.3 Å². The van der Waals surface area contributed by atoms with Crippen molar-refractivity contribution in [3.8, 4) is 0 Å². The maximum atomic E-state index is 12.6. The molecule has 1 aliphatic heterocycles. The SMILES string of the molecule is CCNCCNC(=O)C1Cc2ccccc2CN1C(=O)CC(C)C.Cl. The number of nitrogens with zero attached hydrogens (tertiary/aromatic N) is 1. The molecule has 0 radical (unpaired) electrons. The van der Waals surface area contributed by atoms with Gasteiger partial charge in [-0.1, -0.05) is 45.0 Å². The van der Waals surface area contributed by atoms with Crippen LogP contribution in [-0.4, -0.2) is 42.4 Å². The average molecular weight is 368 g/mol. The van der Waals surface area contributed by atoms with Crippen molar-refractivity contribution >= 4 is 24.2 Å². The van der Waals surface area contributed by atoms with E-state index in [-0.39, 0.29) is 30.1 Å². The zero-order chi connectivity index (χ0) is 17.5. The van der Waals surface area contributed by atoms with Gasteiger partial charge in [0.1, 0.15) is 6.04 Å². The van der Waals surface area contributed by atoms with Gasteiger partial charge in [-0.15, -0.1) is 12.4 Å². The maximum absolute atomic E-state index is 12.6. The summed E-state index contributed by atoms with van der Waals surface area (Å²) in [6.07, 6.45) is 1.07. The highest BCUT2D eigenvalue weighted by Gasteiger charge is 2.34. The van der Waals surface area contributed by atoms with E-state index in [9.17, 15) is 9.59 Å². The van der Waals surface area contributed by atoms with E-state index >= 15 is 0 Å².